The molecule has 0 spiro atoms. The number of benzene rings is 2. The lowest BCUT2D eigenvalue weighted by molar-refractivity contribution is 0.304. The van der Waals surface area contributed by atoms with Gasteiger partial charge in [0, 0.05) is 11.1 Å². The first-order chi connectivity index (χ1) is 13.8. The summed E-state index contributed by atoms with van der Waals surface area (Å²) in [5, 5.41) is 0. The third-order valence-electron chi connectivity index (χ3n) is 5.87. The summed E-state index contributed by atoms with van der Waals surface area (Å²) < 4.78 is 5.62. The fraction of sp³-hybridized carbons (Fsp3) is 0.481. The monoisotopic (exact) mass is 374 g/mol. The third kappa shape index (κ3) is 6.16. The van der Waals surface area contributed by atoms with Crippen LogP contribution in [0.5, 0.6) is 5.75 Å². The van der Waals surface area contributed by atoms with Gasteiger partial charge in [-0.15, -0.1) is 0 Å². The van der Waals surface area contributed by atoms with E-state index >= 15 is 0 Å². The van der Waals surface area contributed by atoms with Crippen LogP contribution in [0, 0.1) is 17.8 Å². The molecule has 0 heterocycles. The summed E-state index contributed by atoms with van der Waals surface area (Å²) in [6, 6.07) is 17.0. The number of rotatable bonds is 7. The van der Waals surface area contributed by atoms with Crippen molar-refractivity contribution in [1.82, 2.24) is 0 Å². The number of hydrogen-bond acceptors (Lipinski definition) is 1. The first-order valence-corrected chi connectivity index (χ1v) is 11.1. The second-order valence-electron chi connectivity index (χ2n) is 8.10. The van der Waals surface area contributed by atoms with Gasteiger partial charge in [0.15, 0.2) is 0 Å². The summed E-state index contributed by atoms with van der Waals surface area (Å²) in [5.74, 6) is 9.19. The molecule has 3 rings (SSSR count). The van der Waals surface area contributed by atoms with Crippen LogP contribution in [0.25, 0.3) is 0 Å². The summed E-state index contributed by atoms with van der Waals surface area (Å²) >= 11 is 0. The topological polar surface area (TPSA) is 9.23 Å². The van der Waals surface area contributed by atoms with Gasteiger partial charge in [-0.25, -0.2) is 0 Å². The Hall–Kier alpha value is -2.20. The van der Waals surface area contributed by atoms with E-state index in [-0.39, 0.29) is 0 Å². The van der Waals surface area contributed by atoms with E-state index in [1.807, 2.05) is 24.3 Å². The van der Waals surface area contributed by atoms with Crippen molar-refractivity contribution in [3.05, 3.63) is 65.2 Å². The van der Waals surface area contributed by atoms with Crippen LogP contribution in [0.4, 0.5) is 0 Å². The van der Waals surface area contributed by atoms with Crippen molar-refractivity contribution in [1.29, 1.82) is 0 Å². The normalized spacial score (nSPS) is 18.9. The zero-order valence-electron chi connectivity index (χ0n) is 17.5. The Labute approximate surface area is 171 Å². The van der Waals surface area contributed by atoms with Gasteiger partial charge in [0.05, 0.1) is 6.61 Å². The van der Waals surface area contributed by atoms with E-state index < -0.39 is 0 Å². The molecule has 0 aliphatic heterocycles. The van der Waals surface area contributed by atoms with Gasteiger partial charge in [0.1, 0.15) is 5.75 Å². The van der Waals surface area contributed by atoms with E-state index in [0.29, 0.717) is 0 Å². The highest BCUT2D eigenvalue weighted by Crippen LogP contribution is 2.37. The molecule has 1 aliphatic rings. The number of unbranched alkanes of at least 4 members (excludes halogenated alkanes) is 1. The predicted octanol–water partition coefficient (Wildman–Crippen LogP) is 7.34. The van der Waals surface area contributed by atoms with Gasteiger partial charge in [-0.3, -0.25) is 0 Å². The van der Waals surface area contributed by atoms with E-state index in [1.165, 1.54) is 50.5 Å². The molecule has 1 nitrogen and oxygen atoms in total. The van der Waals surface area contributed by atoms with E-state index in [9.17, 15) is 0 Å². The molecule has 0 radical (unpaired) electrons. The van der Waals surface area contributed by atoms with Crippen LogP contribution >= 0.6 is 0 Å². The minimum atomic E-state index is 0.746. The molecule has 0 amide bonds. The maximum Gasteiger partial charge on any atom is 0.119 e. The minimum Gasteiger partial charge on any atom is -0.494 e. The van der Waals surface area contributed by atoms with E-state index in [2.05, 4.69) is 50.0 Å². The zero-order valence-corrected chi connectivity index (χ0v) is 17.5. The summed E-state index contributed by atoms with van der Waals surface area (Å²) in [6.45, 7) is 5.18. The standard InChI is InChI=1S/C27H34O/c1-3-5-6-22-9-15-25(16-10-22)26-17-11-23(12-18-26)7-8-24-13-19-27(20-14-24)28-21-4-2/h11-14,17-20,22,25H,3-6,9-10,15-16,21H2,1-2H3/t22-,25-. The van der Waals surface area contributed by atoms with Crippen molar-refractivity contribution < 1.29 is 4.74 Å². The van der Waals surface area contributed by atoms with Gasteiger partial charge in [-0.05, 0) is 85.9 Å². The molecule has 1 saturated carbocycles. The first-order valence-electron chi connectivity index (χ1n) is 11.1. The molecule has 0 bridgehead atoms. The fourth-order valence-electron chi connectivity index (χ4n) is 4.11. The molecular weight excluding hydrogens is 340 g/mol. The molecule has 0 unspecified atom stereocenters. The smallest absolute Gasteiger partial charge is 0.119 e. The molecule has 1 fully saturated rings. The summed E-state index contributed by atoms with van der Waals surface area (Å²) in [5.41, 5.74) is 3.61. The Balaban J connectivity index is 1.53. The highest BCUT2D eigenvalue weighted by atomic mass is 16.5. The van der Waals surface area contributed by atoms with Crippen LogP contribution < -0.4 is 4.74 Å². The Morgan fingerprint density at radius 1 is 0.786 bits per heavy atom. The van der Waals surface area contributed by atoms with Crippen LogP contribution in [0.1, 0.15) is 87.8 Å². The van der Waals surface area contributed by atoms with Gasteiger partial charge in [-0.1, -0.05) is 57.1 Å². The molecule has 0 N–H and O–H groups in total. The lowest BCUT2D eigenvalue weighted by Gasteiger charge is -2.28. The maximum absolute atomic E-state index is 5.62. The van der Waals surface area contributed by atoms with Gasteiger partial charge >= 0.3 is 0 Å². The average molecular weight is 375 g/mol. The summed E-state index contributed by atoms with van der Waals surface area (Å²) in [6.07, 6.45) is 10.7. The second-order valence-corrected chi connectivity index (χ2v) is 8.10. The Morgan fingerprint density at radius 2 is 1.39 bits per heavy atom. The van der Waals surface area contributed by atoms with Crippen molar-refractivity contribution in [2.24, 2.45) is 5.92 Å². The lowest BCUT2D eigenvalue weighted by atomic mass is 9.77. The Morgan fingerprint density at radius 3 is 1.96 bits per heavy atom. The first kappa shape index (κ1) is 20.5. The van der Waals surface area contributed by atoms with Gasteiger partial charge in [0.2, 0.25) is 0 Å². The second kappa shape index (κ2) is 11.0. The molecule has 1 aliphatic carbocycles. The van der Waals surface area contributed by atoms with Crippen LogP contribution in [0.2, 0.25) is 0 Å². The maximum atomic E-state index is 5.62. The average Bonchev–Trinajstić information content (AvgIpc) is 2.76. The molecule has 148 valence electrons. The zero-order chi connectivity index (χ0) is 19.6. The summed E-state index contributed by atoms with van der Waals surface area (Å²) in [4.78, 5) is 0. The van der Waals surface area contributed by atoms with Crippen molar-refractivity contribution in [3.63, 3.8) is 0 Å². The molecule has 1 heteroatoms. The van der Waals surface area contributed by atoms with Crippen molar-refractivity contribution in [2.45, 2.75) is 71.1 Å². The molecule has 0 atom stereocenters. The van der Waals surface area contributed by atoms with Gasteiger partial charge in [-0.2, -0.15) is 0 Å². The van der Waals surface area contributed by atoms with Crippen LogP contribution in [0.15, 0.2) is 48.5 Å². The Bertz CT molecular complexity index is 753. The fourth-order valence-corrected chi connectivity index (χ4v) is 4.11. The minimum absolute atomic E-state index is 0.746. The lowest BCUT2D eigenvalue weighted by Crippen LogP contribution is -2.13. The molecule has 2 aromatic carbocycles. The quantitative estimate of drug-likeness (QED) is 0.461. The van der Waals surface area contributed by atoms with Crippen LogP contribution in [0.3, 0.4) is 0 Å². The number of ether oxygens (including phenoxy) is 1. The predicted molar refractivity (Wildman–Crippen MR) is 119 cm³/mol. The van der Waals surface area contributed by atoms with Crippen LogP contribution in [-0.2, 0) is 0 Å². The largest absolute Gasteiger partial charge is 0.494 e. The van der Waals surface area contributed by atoms with Crippen molar-refractivity contribution in [3.8, 4) is 17.6 Å². The molecule has 0 saturated heterocycles. The van der Waals surface area contributed by atoms with Gasteiger partial charge in [0.25, 0.3) is 0 Å². The molecule has 2 aromatic rings. The van der Waals surface area contributed by atoms with Crippen molar-refractivity contribution >= 4 is 0 Å². The van der Waals surface area contributed by atoms with E-state index in [1.54, 1.807) is 0 Å². The third-order valence-corrected chi connectivity index (χ3v) is 5.87. The van der Waals surface area contributed by atoms with Gasteiger partial charge < -0.3 is 4.74 Å². The molecule has 0 aromatic heterocycles. The van der Waals surface area contributed by atoms with Crippen LogP contribution in [-0.4, -0.2) is 6.61 Å². The van der Waals surface area contributed by atoms with E-state index in [4.69, 9.17) is 4.74 Å². The Kier molecular flexibility index (Phi) is 8.04. The highest BCUT2D eigenvalue weighted by Gasteiger charge is 2.21. The van der Waals surface area contributed by atoms with E-state index in [0.717, 1.165) is 41.7 Å². The summed E-state index contributed by atoms with van der Waals surface area (Å²) in [7, 11) is 0. The SMILES string of the molecule is CCCC[C@H]1CC[C@H](c2ccc(C#Cc3ccc(OCCC)cc3)cc2)CC1. The van der Waals surface area contributed by atoms with Crippen molar-refractivity contribution in [2.75, 3.05) is 6.61 Å². The highest BCUT2D eigenvalue weighted by molar-refractivity contribution is 5.45. The number of hydrogen-bond donors (Lipinski definition) is 0. The molecule has 28 heavy (non-hydrogen) atoms. The molecular formula is C27H34O.